The standard InChI is InChI=1S/C6H6AsCl2N.ClH/c8-7(9)5-1-3-6(10)4-2-5;/h1-4H,10H2;1H. The van der Waals surface area contributed by atoms with Crippen molar-refractivity contribution < 1.29 is 0 Å². The fourth-order valence-corrected chi connectivity index (χ4v) is 2.54. The number of hydrogen-bond acceptors (Lipinski definition) is 1. The summed E-state index contributed by atoms with van der Waals surface area (Å²) in [5.74, 6) is 0. The van der Waals surface area contributed by atoms with Crippen LogP contribution in [0, 0.1) is 0 Å². The number of anilines is 1. The van der Waals surface area contributed by atoms with Crippen LogP contribution in [-0.4, -0.2) is 12.8 Å². The minimum atomic E-state index is -1.72. The molecule has 0 aromatic heterocycles. The van der Waals surface area contributed by atoms with Gasteiger partial charge in [-0.1, -0.05) is 0 Å². The molecule has 1 nitrogen and oxygen atoms in total. The zero-order valence-corrected chi connectivity index (χ0v) is 9.70. The van der Waals surface area contributed by atoms with E-state index in [0.717, 1.165) is 10.0 Å². The number of rotatable bonds is 1. The van der Waals surface area contributed by atoms with Crippen LogP contribution in [0.5, 0.6) is 0 Å². The van der Waals surface area contributed by atoms with Gasteiger partial charge in [-0.25, -0.2) is 0 Å². The van der Waals surface area contributed by atoms with Gasteiger partial charge in [0.25, 0.3) is 0 Å². The van der Waals surface area contributed by atoms with Gasteiger partial charge in [0.05, 0.1) is 0 Å². The molecule has 0 saturated carbocycles. The van der Waals surface area contributed by atoms with Crippen LogP contribution in [0.2, 0.25) is 0 Å². The molecule has 0 radical (unpaired) electrons. The Morgan fingerprint density at radius 1 is 1.09 bits per heavy atom. The molecule has 62 valence electrons. The molecular formula is C6H7AsCl3N. The summed E-state index contributed by atoms with van der Waals surface area (Å²) in [4.78, 5) is 0. The van der Waals surface area contributed by atoms with Gasteiger partial charge < -0.3 is 0 Å². The second-order valence-electron chi connectivity index (χ2n) is 1.82. The van der Waals surface area contributed by atoms with E-state index >= 15 is 0 Å². The average molecular weight is 274 g/mol. The van der Waals surface area contributed by atoms with Gasteiger partial charge in [0.1, 0.15) is 0 Å². The van der Waals surface area contributed by atoms with Gasteiger partial charge in [-0.15, -0.1) is 12.4 Å². The SMILES string of the molecule is Cl.Nc1ccc([As](Cl)Cl)cc1. The summed E-state index contributed by atoms with van der Waals surface area (Å²) in [7, 11) is 11.5. The Morgan fingerprint density at radius 2 is 1.55 bits per heavy atom. The van der Waals surface area contributed by atoms with Gasteiger partial charge in [0.15, 0.2) is 0 Å². The van der Waals surface area contributed by atoms with Crippen LogP contribution in [0.1, 0.15) is 0 Å². The Hall–Kier alpha value is 0.448. The van der Waals surface area contributed by atoms with E-state index < -0.39 is 12.8 Å². The third kappa shape index (κ3) is 3.57. The molecule has 0 aliphatic rings. The van der Waals surface area contributed by atoms with Crippen molar-refractivity contribution in [3.8, 4) is 0 Å². The van der Waals surface area contributed by atoms with Crippen molar-refractivity contribution >= 4 is 55.1 Å². The topological polar surface area (TPSA) is 26.0 Å². The molecule has 0 unspecified atom stereocenters. The second-order valence-corrected chi connectivity index (χ2v) is 8.30. The first-order chi connectivity index (χ1) is 4.70. The van der Waals surface area contributed by atoms with Gasteiger partial charge in [0.2, 0.25) is 0 Å². The predicted octanol–water partition coefficient (Wildman–Crippen LogP) is 1.86. The molecule has 0 spiro atoms. The van der Waals surface area contributed by atoms with E-state index in [1.807, 2.05) is 24.3 Å². The molecule has 1 aromatic rings. The predicted molar refractivity (Wildman–Crippen MR) is 55.2 cm³/mol. The monoisotopic (exact) mass is 273 g/mol. The van der Waals surface area contributed by atoms with Gasteiger partial charge in [-0.05, 0) is 0 Å². The van der Waals surface area contributed by atoms with Gasteiger partial charge in [0, 0.05) is 0 Å². The molecule has 5 heteroatoms. The maximum absolute atomic E-state index is 5.73. The van der Waals surface area contributed by atoms with Crippen molar-refractivity contribution in [1.82, 2.24) is 0 Å². The molecule has 0 amide bonds. The number of nitrogens with two attached hydrogens (primary N) is 1. The summed E-state index contributed by atoms with van der Waals surface area (Å²) in [5, 5.41) is 0. The third-order valence-electron chi connectivity index (χ3n) is 1.09. The first-order valence-corrected chi connectivity index (χ1v) is 8.54. The van der Waals surface area contributed by atoms with E-state index in [0.29, 0.717) is 0 Å². The van der Waals surface area contributed by atoms with E-state index in [-0.39, 0.29) is 12.4 Å². The minimum absolute atomic E-state index is 0. The van der Waals surface area contributed by atoms with Crippen LogP contribution in [0.4, 0.5) is 5.69 Å². The molecule has 11 heavy (non-hydrogen) atoms. The number of hydrogen-bond donors (Lipinski definition) is 1. The Morgan fingerprint density at radius 3 is 1.91 bits per heavy atom. The molecule has 0 fully saturated rings. The van der Waals surface area contributed by atoms with E-state index in [2.05, 4.69) is 0 Å². The Labute approximate surface area is 84.9 Å². The molecule has 1 rings (SSSR count). The third-order valence-corrected chi connectivity index (χ3v) is 4.56. The molecule has 0 aliphatic carbocycles. The summed E-state index contributed by atoms with van der Waals surface area (Å²) in [6.07, 6.45) is 0. The van der Waals surface area contributed by atoms with E-state index in [4.69, 9.17) is 25.6 Å². The van der Waals surface area contributed by atoms with Crippen LogP contribution < -0.4 is 10.1 Å². The fraction of sp³-hybridized carbons (Fsp3) is 0. The molecule has 0 heterocycles. The summed E-state index contributed by atoms with van der Waals surface area (Å²) in [6.45, 7) is 0. The molecular weight excluding hydrogens is 267 g/mol. The van der Waals surface area contributed by atoms with Crippen molar-refractivity contribution in [3.05, 3.63) is 24.3 Å². The van der Waals surface area contributed by atoms with Crippen molar-refractivity contribution in [1.29, 1.82) is 0 Å². The summed E-state index contributed by atoms with van der Waals surface area (Å²) in [5.41, 5.74) is 6.20. The molecule has 0 saturated heterocycles. The van der Waals surface area contributed by atoms with Crippen LogP contribution >= 0.6 is 32.3 Å². The van der Waals surface area contributed by atoms with E-state index in [1.54, 1.807) is 0 Å². The zero-order valence-electron chi connectivity index (χ0n) is 5.50. The van der Waals surface area contributed by atoms with Crippen molar-refractivity contribution in [2.75, 3.05) is 5.73 Å². The summed E-state index contributed by atoms with van der Waals surface area (Å²) < 4.78 is 1.02. The Bertz CT molecular complexity index is 212. The van der Waals surface area contributed by atoms with Gasteiger partial charge in [-0.2, -0.15) is 0 Å². The second kappa shape index (κ2) is 5.16. The Balaban J connectivity index is 0.000001000. The quantitative estimate of drug-likeness (QED) is 0.614. The van der Waals surface area contributed by atoms with Crippen molar-refractivity contribution in [2.24, 2.45) is 0 Å². The van der Waals surface area contributed by atoms with Crippen LogP contribution in [0.15, 0.2) is 24.3 Å². The summed E-state index contributed by atoms with van der Waals surface area (Å²) >= 11 is -1.72. The fourth-order valence-electron chi connectivity index (χ4n) is 0.587. The number of halogens is 3. The zero-order chi connectivity index (χ0) is 7.56. The van der Waals surface area contributed by atoms with Crippen LogP contribution in [0.3, 0.4) is 0 Å². The van der Waals surface area contributed by atoms with Gasteiger partial charge in [-0.3, -0.25) is 0 Å². The normalized spacial score (nSPS) is 9.36. The molecule has 2 N–H and O–H groups in total. The van der Waals surface area contributed by atoms with Crippen LogP contribution in [-0.2, 0) is 0 Å². The molecule has 0 aliphatic heterocycles. The number of nitrogen functional groups attached to an aromatic ring is 1. The van der Waals surface area contributed by atoms with E-state index in [1.165, 1.54) is 0 Å². The molecule has 0 atom stereocenters. The first kappa shape index (κ1) is 11.4. The average Bonchev–Trinajstić information content (AvgIpc) is 1.88. The number of benzene rings is 1. The maximum atomic E-state index is 5.73. The van der Waals surface area contributed by atoms with Crippen LogP contribution in [0.25, 0.3) is 0 Å². The van der Waals surface area contributed by atoms with Crippen molar-refractivity contribution in [2.45, 2.75) is 0 Å². The van der Waals surface area contributed by atoms with Gasteiger partial charge >= 0.3 is 72.7 Å². The van der Waals surface area contributed by atoms with Crippen molar-refractivity contribution in [3.63, 3.8) is 0 Å². The van der Waals surface area contributed by atoms with E-state index in [9.17, 15) is 0 Å². The Kier molecular flexibility index (Phi) is 5.37. The molecule has 0 bridgehead atoms. The first-order valence-electron chi connectivity index (χ1n) is 2.67. The summed E-state index contributed by atoms with van der Waals surface area (Å²) in [6, 6.07) is 7.36. The molecule has 1 aromatic carbocycles.